The summed E-state index contributed by atoms with van der Waals surface area (Å²) in [6.45, 7) is 4.45. The number of nitrogens with zero attached hydrogens (tertiary/aromatic N) is 2. The lowest BCUT2D eigenvalue weighted by Gasteiger charge is -2.34. The van der Waals surface area contributed by atoms with Crippen molar-refractivity contribution in [2.24, 2.45) is 28.1 Å². The van der Waals surface area contributed by atoms with Crippen LogP contribution in [0.5, 0.6) is 5.75 Å². The van der Waals surface area contributed by atoms with Crippen LogP contribution in [0.15, 0.2) is 29.3 Å². The number of aromatic hydroxyl groups is 1. The number of benzene rings is 1. The molecule has 0 aliphatic carbocycles. The van der Waals surface area contributed by atoms with Crippen molar-refractivity contribution >= 4 is 47.3 Å². The highest BCUT2D eigenvalue weighted by molar-refractivity contribution is 6.10. The molecule has 0 saturated carbocycles. The molecule has 1 fully saturated rings. The monoisotopic (exact) mass is 690 g/mol. The van der Waals surface area contributed by atoms with E-state index < -0.39 is 83.4 Å². The molecule has 4 amide bonds. The average Bonchev–Trinajstić information content (AvgIpc) is 3.51. The molecule has 12 N–H and O–H groups in total. The highest BCUT2D eigenvalue weighted by Crippen LogP contribution is 2.24. The molecule has 0 aromatic heterocycles. The SMILES string of the molecule is CC(=O)[C@@](N)(CCCN=C(N)N)C(=O)N1CCC[C@H]1C(=O)N[C@@H](CC(=O)O)C(=O)N[C@H](C(=O)N[C@@H](Cc1ccc(O)cc1)C(=O)O)C(C)C. The molecule has 2 rings (SSSR count). The Morgan fingerprint density at radius 3 is 2.14 bits per heavy atom. The fourth-order valence-corrected chi connectivity index (χ4v) is 5.31. The lowest BCUT2D eigenvalue weighted by Crippen LogP contribution is -2.63. The second-order valence-electron chi connectivity index (χ2n) is 12.3. The molecular weight excluding hydrogens is 644 g/mol. The van der Waals surface area contributed by atoms with E-state index in [0.29, 0.717) is 12.0 Å². The molecular formula is C31H46N8O10. The molecule has 1 saturated heterocycles. The van der Waals surface area contributed by atoms with Crippen LogP contribution in [-0.2, 0) is 40.0 Å². The number of phenols is 1. The van der Waals surface area contributed by atoms with Gasteiger partial charge in [0.1, 0.15) is 29.9 Å². The second kappa shape index (κ2) is 17.8. The van der Waals surface area contributed by atoms with Gasteiger partial charge in [-0.3, -0.25) is 33.8 Å². The van der Waals surface area contributed by atoms with Gasteiger partial charge < -0.3 is 53.4 Å². The van der Waals surface area contributed by atoms with Crippen molar-refractivity contribution in [3.63, 3.8) is 0 Å². The van der Waals surface area contributed by atoms with Crippen molar-refractivity contribution in [1.29, 1.82) is 0 Å². The molecule has 1 aliphatic rings. The molecule has 0 unspecified atom stereocenters. The number of carboxylic acids is 2. The zero-order chi connectivity index (χ0) is 37.1. The summed E-state index contributed by atoms with van der Waals surface area (Å²) in [4.78, 5) is 94.7. The van der Waals surface area contributed by atoms with Crippen LogP contribution in [0.2, 0.25) is 0 Å². The smallest absolute Gasteiger partial charge is 0.326 e. The van der Waals surface area contributed by atoms with E-state index in [1.165, 1.54) is 24.3 Å². The number of carbonyl (C=O) groups is 7. The Bertz CT molecular complexity index is 1430. The van der Waals surface area contributed by atoms with Crippen molar-refractivity contribution in [3.8, 4) is 5.75 Å². The Balaban J connectivity index is 2.20. The fraction of sp³-hybridized carbons (Fsp3) is 0.548. The number of rotatable bonds is 18. The topological polar surface area (TPSA) is 310 Å². The van der Waals surface area contributed by atoms with E-state index in [0.717, 1.165) is 11.8 Å². The van der Waals surface area contributed by atoms with E-state index in [-0.39, 0.29) is 50.5 Å². The first-order chi connectivity index (χ1) is 22.9. The predicted molar refractivity (Wildman–Crippen MR) is 175 cm³/mol. The summed E-state index contributed by atoms with van der Waals surface area (Å²) < 4.78 is 0. The number of phenolic OH excluding ortho intramolecular Hbond substituents is 1. The number of carboxylic acid groups (broad SMARTS) is 2. The van der Waals surface area contributed by atoms with Gasteiger partial charge >= 0.3 is 11.9 Å². The molecule has 1 aromatic carbocycles. The van der Waals surface area contributed by atoms with Gasteiger partial charge in [-0.25, -0.2) is 4.79 Å². The van der Waals surface area contributed by atoms with Crippen LogP contribution in [0, 0.1) is 5.92 Å². The van der Waals surface area contributed by atoms with Crippen LogP contribution in [0.3, 0.4) is 0 Å². The Hall–Kier alpha value is -5.26. The Morgan fingerprint density at radius 2 is 1.61 bits per heavy atom. The number of aliphatic imine (C=N–C) groups is 1. The van der Waals surface area contributed by atoms with Crippen molar-refractivity contribution in [1.82, 2.24) is 20.9 Å². The molecule has 270 valence electrons. The van der Waals surface area contributed by atoms with Gasteiger partial charge in [0.05, 0.1) is 6.42 Å². The van der Waals surface area contributed by atoms with Crippen LogP contribution < -0.4 is 33.2 Å². The van der Waals surface area contributed by atoms with E-state index in [1.807, 2.05) is 0 Å². The maximum atomic E-state index is 13.6. The number of ketones is 1. The molecule has 49 heavy (non-hydrogen) atoms. The lowest BCUT2D eigenvalue weighted by atomic mass is 9.88. The number of Topliss-reactive ketones (excluding diaryl/α,β-unsaturated/α-hetero) is 1. The van der Waals surface area contributed by atoms with Gasteiger partial charge in [-0.15, -0.1) is 0 Å². The van der Waals surface area contributed by atoms with Gasteiger partial charge in [-0.2, -0.15) is 0 Å². The second-order valence-corrected chi connectivity index (χ2v) is 12.3. The van der Waals surface area contributed by atoms with E-state index >= 15 is 0 Å². The summed E-state index contributed by atoms with van der Waals surface area (Å²) in [6.07, 6.45) is -0.481. The molecule has 1 aromatic rings. The van der Waals surface area contributed by atoms with Crippen molar-refractivity contribution in [2.75, 3.05) is 13.1 Å². The first-order valence-electron chi connectivity index (χ1n) is 15.7. The normalized spacial score (nSPS) is 17.2. The molecule has 1 aliphatic heterocycles. The maximum Gasteiger partial charge on any atom is 0.326 e. The number of nitrogens with one attached hydrogen (secondary N) is 3. The molecule has 18 heteroatoms. The van der Waals surface area contributed by atoms with Gasteiger partial charge in [0.25, 0.3) is 5.91 Å². The summed E-state index contributed by atoms with van der Waals surface area (Å²) >= 11 is 0. The minimum Gasteiger partial charge on any atom is -0.508 e. The summed E-state index contributed by atoms with van der Waals surface area (Å²) in [5.41, 5.74) is 15.4. The van der Waals surface area contributed by atoms with Crippen LogP contribution >= 0.6 is 0 Å². The minimum absolute atomic E-state index is 0.0305. The third-order valence-corrected chi connectivity index (χ3v) is 8.10. The third kappa shape index (κ3) is 11.4. The van der Waals surface area contributed by atoms with Crippen molar-refractivity contribution < 1.29 is 48.9 Å². The quantitative estimate of drug-likeness (QED) is 0.0347. The maximum absolute atomic E-state index is 13.6. The summed E-state index contributed by atoms with van der Waals surface area (Å²) in [7, 11) is 0. The van der Waals surface area contributed by atoms with Gasteiger partial charge in [0.2, 0.25) is 17.7 Å². The number of hydrogen-bond acceptors (Lipinski definition) is 10. The number of nitrogens with two attached hydrogens (primary N) is 3. The number of hydrogen-bond donors (Lipinski definition) is 9. The summed E-state index contributed by atoms with van der Waals surface area (Å²) in [5.74, 6) is -7.88. The molecule has 0 spiro atoms. The number of carbonyl (C=O) groups excluding carboxylic acids is 5. The van der Waals surface area contributed by atoms with Crippen molar-refractivity contribution in [3.05, 3.63) is 29.8 Å². The van der Waals surface area contributed by atoms with E-state index in [4.69, 9.17) is 17.2 Å². The van der Waals surface area contributed by atoms with Gasteiger partial charge in [0.15, 0.2) is 17.3 Å². The van der Waals surface area contributed by atoms with Crippen LogP contribution in [0.25, 0.3) is 0 Å². The van der Waals surface area contributed by atoms with Crippen molar-refractivity contribution in [2.45, 2.75) is 89.0 Å². The van der Waals surface area contributed by atoms with E-state index in [1.54, 1.807) is 13.8 Å². The first-order valence-corrected chi connectivity index (χ1v) is 15.7. The van der Waals surface area contributed by atoms with Crippen LogP contribution in [0.4, 0.5) is 0 Å². The van der Waals surface area contributed by atoms with E-state index in [9.17, 15) is 48.9 Å². The number of amides is 4. The standard InChI is InChI=1S/C31H46N8O10/c1-16(2)24(27(46)37-21(28(47)48)14-18-7-9-19(41)10-8-18)38-25(44)20(15-23(42)43)36-26(45)22-6-4-13-39(22)29(49)31(34,17(3)40)11-5-12-35-30(32)33/h7-10,16,20-22,24,41H,4-6,11-15,34H2,1-3H3,(H,36,45)(H,37,46)(H,38,44)(H,42,43)(H,47,48)(H4,32,33,35)/t20-,21-,22-,24-,31-/m0/s1. The molecule has 1 heterocycles. The molecule has 5 atom stereocenters. The Labute approximate surface area is 282 Å². The fourth-order valence-electron chi connectivity index (χ4n) is 5.31. The Kier molecular flexibility index (Phi) is 14.5. The number of likely N-dealkylation sites (tertiary alicyclic amines) is 1. The van der Waals surface area contributed by atoms with Gasteiger partial charge in [-0.05, 0) is 56.2 Å². The number of guanidine groups is 1. The molecule has 0 bridgehead atoms. The highest BCUT2D eigenvalue weighted by Gasteiger charge is 2.46. The predicted octanol–water partition coefficient (Wildman–Crippen LogP) is -2.06. The Morgan fingerprint density at radius 1 is 0.980 bits per heavy atom. The molecule has 18 nitrogen and oxygen atoms in total. The zero-order valence-corrected chi connectivity index (χ0v) is 27.7. The van der Waals surface area contributed by atoms with Gasteiger partial charge in [-0.1, -0.05) is 26.0 Å². The van der Waals surface area contributed by atoms with Crippen LogP contribution in [0.1, 0.15) is 58.4 Å². The largest absolute Gasteiger partial charge is 0.508 e. The average molecular weight is 691 g/mol. The number of aliphatic carboxylic acids is 2. The third-order valence-electron chi connectivity index (χ3n) is 8.10. The highest BCUT2D eigenvalue weighted by atomic mass is 16.4. The lowest BCUT2D eigenvalue weighted by molar-refractivity contribution is -0.148. The first kappa shape index (κ1) is 39.9. The van der Waals surface area contributed by atoms with E-state index in [2.05, 4.69) is 20.9 Å². The summed E-state index contributed by atoms with van der Waals surface area (Å²) in [6, 6.07) is 0.0670. The summed E-state index contributed by atoms with van der Waals surface area (Å²) in [5, 5.41) is 35.9. The molecule has 0 radical (unpaired) electrons. The minimum atomic E-state index is -1.99. The zero-order valence-electron chi connectivity index (χ0n) is 27.7. The van der Waals surface area contributed by atoms with Gasteiger partial charge in [0, 0.05) is 19.5 Å². The van der Waals surface area contributed by atoms with Crippen LogP contribution in [-0.4, -0.2) is 110 Å².